The van der Waals surface area contributed by atoms with Crippen molar-refractivity contribution in [2.75, 3.05) is 0 Å². The van der Waals surface area contributed by atoms with E-state index >= 15 is 0 Å². The summed E-state index contributed by atoms with van der Waals surface area (Å²) in [6.07, 6.45) is 0.844. The van der Waals surface area contributed by atoms with Crippen LogP contribution in [0.1, 0.15) is 22.7 Å². The number of rotatable bonds is 0. The summed E-state index contributed by atoms with van der Waals surface area (Å²) in [6.45, 7) is 1.72. The van der Waals surface area contributed by atoms with Gasteiger partial charge in [0.05, 0.1) is 5.69 Å². The topological polar surface area (TPSA) is 63.3 Å². The van der Waals surface area contributed by atoms with Gasteiger partial charge in [0.1, 0.15) is 4.33 Å². The highest BCUT2D eigenvalue weighted by Crippen LogP contribution is 2.68. The van der Waals surface area contributed by atoms with E-state index in [4.69, 9.17) is 37.6 Å². The first-order valence-electron chi connectivity index (χ1n) is 6.52. The van der Waals surface area contributed by atoms with Crippen LogP contribution in [-0.2, 0) is 11.2 Å². The lowest BCUT2D eigenvalue weighted by Crippen LogP contribution is -1.98. The van der Waals surface area contributed by atoms with Crippen molar-refractivity contribution in [3.63, 3.8) is 0 Å². The van der Waals surface area contributed by atoms with Crippen LogP contribution in [0.5, 0.6) is 0 Å². The first-order chi connectivity index (χ1) is 10.0. The lowest BCUT2D eigenvalue weighted by Gasteiger charge is -2.07. The van der Waals surface area contributed by atoms with Crippen LogP contribution in [0.15, 0.2) is 28.8 Å². The SMILES string of the molecule is Cc1noc2c1CC1C(c3ccccc3-2)C1(Cl)Cl.O=CO. The molecule has 2 aliphatic rings. The standard InChI is InChI=1S/C14H11Cl2NO.CH2O2/c1-7-10-6-11-12(14(11,15)16)8-4-2-3-5-9(8)13(10)18-17-7;2-1-3/h2-5,11-12H,6H2,1H3;1H,(H,2,3). The van der Waals surface area contributed by atoms with E-state index in [-0.39, 0.29) is 18.3 Å². The zero-order chi connectivity index (χ0) is 15.2. The van der Waals surface area contributed by atoms with Gasteiger partial charge in [-0.25, -0.2) is 0 Å². The number of hydrogen-bond acceptors (Lipinski definition) is 3. The Labute approximate surface area is 131 Å². The molecule has 2 unspecified atom stereocenters. The molecule has 2 aliphatic carbocycles. The van der Waals surface area contributed by atoms with Gasteiger partial charge >= 0.3 is 0 Å². The van der Waals surface area contributed by atoms with Crippen molar-refractivity contribution in [2.24, 2.45) is 5.92 Å². The molecule has 0 bridgehead atoms. The van der Waals surface area contributed by atoms with Crippen molar-refractivity contribution < 1.29 is 14.4 Å². The minimum Gasteiger partial charge on any atom is -0.483 e. The van der Waals surface area contributed by atoms with Crippen LogP contribution in [-0.4, -0.2) is 21.1 Å². The Balaban J connectivity index is 0.000000409. The van der Waals surface area contributed by atoms with E-state index in [0.29, 0.717) is 0 Å². The average molecular weight is 326 g/mol. The van der Waals surface area contributed by atoms with Crippen LogP contribution >= 0.6 is 23.2 Å². The largest absolute Gasteiger partial charge is 0.483 e. The third-order valence-electron chi connectivity index (χ3n) is 4.15. The van der Waals surface area contributed by atoms with E-state index in [2.05, 4.69) is 17.3 Å². The highest BCUT2D eigenvalue weighted by atomic mass is 35.5. The summed E-state index contributed by atoms with van der Waals surface area (Å²) in [5, 5.41) is 11.0. The number of hydrogen-bond donors (Lipinski definition) is 1. The summed E-state index contributed by atoms with van der Waals surface area (Å²) in [5.41, 5.74) is 4.36. The minimum atomic E-state index is -0.641. The monoisotopic (exact) mass is 325 g/mol. The van der Waals surface area contributed by atoms with E-state index in [1.165, 1.54) is 5.56 Å². The Kier molecular flexibility index (Phi) is 3.46. The molecule has 1 aromatic heterocycles. The van der Waals surface area contributed by atoms with Gasteiger partial charge < -0.3 is 9.63 Å². The first-order valence-corrected chi connectivity index (χ1v) is 7.28. The van der Waals surface area contributed by atoms with E-state index < -0.39 is 4.33 Å². The lowest BCUT2D eigenvalue weighted by molar-refractivity contribution is -0.122. The zero-order valence-corrected chi connectivity index (χ0v) is 12.7. The Morgan fingerprint density at radius 1 is 1.43 bits per heavy atom. The fraction of sp³-hybridized carbons (Fsp3) is 0.333. The van der Waals surface area contributed by atoms with Crippen molar-refractivity contribution in [3.05, 3.63) is 41.1 Å². The van der Waals surface area contributed by atoms with Crippen molar-refractivity contribution in [3.8, 4) is 11.3 Å². The summed E-state index contributed by atoms with van der Waals surface area (Å²) in [4.78, 5) is 8.36. The van der Waals surface area contributed by atoms with Gasteiger partial charge in [0.25, 0.3) is 6.47 Å². The summed E-state index contributed by atoms with van der Waals surface area (Å²) >= 11 is 12.8. The maximum absolute atomic E-state index is 8.36. The smallest absolute Gasteiger partial charge is 0.290 e. The van der Waals surface area contributed by atoms with Crippen LogP contribution in [0, 0.1) is 12.8 Å². The number of carbonyl (C=O) groups is 1. The maximum atomic E-state index is 8.36. The van der Waals surface area contributed by atoms with Crippen LogP contribution < -0.4 is 0 Å². The Morgan fingerprint density at radius 3 is 2.81 bits per heavy atom. The fourth-order valence-corrected chi connectivity index (χ4v) is 3.92. The van der Waals surface area contributed by atoms with Gasteiger partial charge in [-0.1, -0.05) is 29.4 Å². The predicted octanol–water partition coefficient (Wildman–Crippen LogP) is 3.79. The van der Waals surface area contributed by atoms with Crippen LogP contribution in [0.2, 0.25) is 0 Å². The normalized spacial score (nSPS) is 23.6. The molecule has 0 spiro atoms. The number of aryl methyl sites for hydroxylation is 1. The molecule has 0 amide bonds. The predicted molar refractivity (Wildman–Crippen MR) is 79.7 cm³/mol. The van der Waals surface area contributed by atoms with Crippen molar-refractivity contribution in [2.45, 2.75) is 23.6 Å². The van der Waals surface area contributed by atoms with Crippen LogP contribution in [0.3, 0.4) is 0 Å². The van der Waals surface area contributed by atoms with Gasteiger partial charge in [-0.2, -0.15) is 0 Å². The molecule has 0 radical (unpaired) electrons. The van der Waals surface area contributed by atoms with E-state index in [1.807, 2.05) is 19.1 Å². The molecule has 1 aromatic carbocycles. The molecule has 2 aromatic rings. The van der Waals surface area contributed by atoms with Gasteiger partial charge in [0.2, 0.25) is 0 Å². The number of alkyl halides is 2. The highest BCUT2D eigenvalue weighted by Gasteiger charge is 2.65. The Hall–Kier alpha value is -1.52. The minimum absolute atomic E-state index is 0.207. The van der Waals surface area contributed by atoms with Gasteiger partial charge in [0, 0.05) is 23.0 Å². The summed E-state index contributed by atoms with van der Waals surface area (Å²) in [5.74, 6) is 1.36. The molecule has 1 heterocycles. The molecule has 0 aliphatic heterocycles. The molecule has 1 N–H and O–H groups in total. The molecule has 6 heteroatoms. The average Bonchev–Trinajstić information content (AvgIpc) is 2.87. The second kappa shape index (κ2) is 5.04. The quantitative estimate of drug-likeness (QED) is 0.591. The first kappa shape index (κ1) is 14.4. The molecular formula is C15H13Cl2NO3. The third kappa shape index (κ3) is 2.14. The second-order valence-electron chi connectivity index (χ2n) is 5.23. The Bertz CT molecular complexity index is 696. The zero-order valence-electron chi connectivity index (χ0n) is 11.2. The van der Waals surface area contributed by atoms with Crippen LogP contribution in [0.25, 0.3) is 11.3 Å². The maximum Gasteiger partial charge on any atom is 0.290 e. The third-order valence-corrected chi connectivity index (χ3v) is 5.18. The molecule has 110 valence electrons. The van der Waals surface area contributed by atoms with Gasteiger partial charge in [-0.15, -0.1) is 23.2 Å². The fourth-order valence-electron chi connectivity index (χ4n) is 3.10. The number of halogens is 2. The van der Waals surface area contributed by atoms with Gasteiger partial charge in [-0.3, -0.25) is 4.79 Å². The van der Waals surface area contributed by atoms with Crippen molar-refractivity contribution >= 4 is 29.7 Å². The number of carboxylic acid groups (broad SMARTS) is 1. The van der Waals surface area contributed by atoms with Crippen LogP contribution in [0.4, 0.5) is 0 Å². The lowest BCUT2D eigenvalue weighted by atomic mass is 10.0. The molecule has 1 saturated carbocycles. The molecule has 1 fully saturated rings. The van der Waals surface area contributed by atoms with E-state index in [9.17, 15) is 0 Å². The number of aromatic nitrogens is 1. The number of nitrogens with zero attached hydrogens (tertiary/aromatic N) is 1. The molecule has 21 heavy (non-hydrogen) atoms. The summed E-state index contributed by atoms with van der Waals surface area (Å²) in [6, 6.07) is 8.18. The number of fused-ring (bicyclic) bond motifs is 5. The Morgan fingerprint density at radius 2 is 2.10 bits per heavy atom. The molecule has 0 saturated heterocycles. The second-order valence-corrected chi connectivity index (χ2v) is 6.68. The molecule has 4 nitrogen and oxygen atoms in total. The number of benzene rings is 1. The molecular weight excluding hydrogens is 313 g/mol. The van der Waals surface area contributed by atoms with Crippen molar-refractivity contribution in [1.29, 1.82) is 0 Å². The molecule has 2 atom stereocenters. The molecule has 4 rings (SSSR count). The summed E-state index contributed by atoms with van der Waals surface area (Å²) < 4.78 is 4.85. The van der Waals surface area contributed by atoms with Gasteiger partial charge in [0.15, 0.2) is 5.76 Å². The summed E-state index contributed by atoms with van der Waals surface area (Å²) in [7, 11) is 0. The highest BCUT2D eigenvalue weighted by molar-refractivity contribution is 6.52. The van der Waals surface area contributed by atoms with Crippen molar-refractivity contribution in [1.82, 2.24) is 5.16 Å². The van der Waals surface area contributed by atoms with Gasteiger partial charge in [-0.05, 0) is 18.9 Å². The van der Waals surface area contributed by atoms with E-state index in [0.717, 1.165) is 29.0 Å². The van der Waals surface area contributed by atoms with E-state index in [1.54, 1.807) is 0 Å².